The van der Waals surface area contributed by atoms with Crippen LogP contribution in [0.5, 0.6) is 0 Å². The number of hydrogen-bond donors (Lipinski definition) is 2. The molecule has 0 aliphatic carbocycles. The Kier molecular flexibility index (Phi) is 3.93. The van der Waals surface area contributed by atoms with E-state index in [0.717, 1.165) is 18.4 Å². The van der Waals surface area contributed by atoms with E-state index in [4.69, 9.17) is 0 Å². The van der Waals surface area contributed by atoms with Gasteiger partial charge in [0, 0.05) is 25.3 Å². The molecule has 1 saturated heterocycles. The zero-order chi connectivity index (χ0) is 17.2. The molecule has 3 aromatic rings. The third kappa shape index (κ3) is 2.98. The van der Waals surface area contributed by atoms with Gasteiger partial charge in [0.05, 0.1) is 36.1 Å². The number of hydrogen-bond acceptors (Lipinski definition) is 4. The zero-order valence-electron chi connectivity index (χ0n) is 13.6. The van der Waals surface area contributed by atoms with Gasteiger partial charge in [0.15, 0.2) is 0 Å². The van der Waals surface area contributed by atoms with Crippen LogP contribution in [0.4, 0.5) is 0 Å². The van der Waals surface area contributed by atoms with Gasteiger partial charge in [0.25, 0.3) is 11.8 Å². The number of nitrogens with one attached hydrogen (secondary N) is 2. The lowest BCUT2D eigenvalue weighted by molar-refractivity contribution is 0.0677. The fraction of sp³-hybridized carbons (Fsp3) is 0.294. The smallest absolute Gasteiger partial charge is 0.269 e. The van der Waals surface area contributed by atoms with Crippen molar-refractivity contribution in [2.45, 2.75) is 18.9 Å². The molecular formula is C17H18N6O2. The molecule has 2 amide bonds. The molecule has 25 heavy (non-hydrogen) atoms. The average Bonchev–Trinajstić information content (AvgIpc) is 3.32. The molecule has 0 radical (unpaired) electrons. The minimum Gasteiger partial charge on any atom is -0.346 e. The lowest BCUT2D eigenvalue weighted by Crippen LogP contribution is -2.49. The molecule has 0 bridgehead atoms. The van der Waals surface area contributed by atoms with E-state index >= 15 is 0 Å². The highest BCUT2D eigenvalue weighted by molar-refractivity contribution is 6.00. The highest BCUT2D eigenvalue weighted by Crippen LogP contribution is 2.17. The van der Waals surface area contributed by atoms with Crippen molar-refractivity contribution in [3.63, 3.8) is 0 Å². The van der Waals surface area contributed by atoms with Crippen LogP contribution in [-0.2, 0) is 0 Å². The number of aromatic amines is 1. The Labute approximate surface area is 143 Å². The summed E-state index contributed by atoms with van der Waals surface area (Å²) < 4.78 is 1.83. The number of piperidine rings is 1. The Morgan fingerprint density at radius 1 is 1.28 bits per heavy atom. The van der Waals surface area contributed by atoms with E-state index in [1.807, 2.05) is 22.7 Å². The predicted molar refractivity (Wildman–Crippen MR) is 90.2 cm³/mol. The van der Waals surface area contributed by atoms with E-state index in [1.165, 1.54) is 12.5 Å². The van der Waals surface area contributed by atoms with Gasteiger partial charge >= 0.3 is 0 Å². The van der Waals surface area contributed by atoms with Crippen molar-refractivity contribution in [2.24, 2.45) is 0 Å². The van der Waals surface area contributed by atoms with Crippen LogP contribution in [-0.4, -0.2) is 55.2 Å². The van der Waals surface area contributed by atoms with Crippen LogP contribution >= 0.6 is 0 Å². The third-order valence-corrected chi connectivity index (χ3v) is 4.47. The van der Waals surface area contributed by atoms with Gasteiger partial charge in [-0.2, -0.15) is 0 Å². The molecule has 1 atom stereocenters. The molecule has 4 heterocycles. The van der Waals surface area contributed by atoms with Crippen LogP contribution in [0.2, 0.25) is 0 Å². The van der Waals surface area contributed by atoms with Crippen LogP contribution in [0, 0.1) is 0 Å². The Hall–Kier alpha value is -3.16. The summed E-state index contributed by atoms with van der Waals surface area (Å²) in [7, 11) is 0. The van der Waals surface area contributed by atoms with E-state index in [1.54, 1.807) is 17.4 Å². The minimum atomic E-state index is -0.199. The Morgan fingerprint density at radius 3 is 3.04 bits per heavy atom. The molecule has 0 aromatic carbocycles. The fourth-order valence-corrected chi connectivity index (χ4v) is 3.22. The molecule has 4 rings (SSSR count). The summed E-state index contributed by atoms with van der Waals surface area (Å²) in [6.45, 7) is 1.18. The monoisotopic (exact) mass is 338 g/mol. The molecular weight excluding hydrogens is 320 g/mol. The van der Waals surface area contributed by atoms with Crippen molar-refractivity contribution in [3.8, 4) is 0 Å². The number of carbonyl (C=O) groups excluding carboxylic acids is 2. The van der Waals surface area contributed by atoms with Gasteiger partial charge in [0.2, 0.25) is 0 Å². The summed E-state index contributed by atoms with van der Waals surface area (Å²) >= 11 is 0. The van der Waals surface area contributed by atoms with E-state index in [0.29, 0.717) is 24.3 Å². The van der Waals surface area contributed by atoms with Crippen molar-refractivity contribution in [1.82, 2.24) is 29.6 Å². The molecule has 1 unspecified atom stereocenters. The number of fused-ring (bicyclic) bond motifs is 1. The van der Waals surface area contributed by atoms with E-state index in [2.05, 4.69) is 20.3 Å². The molecule has 1 aliphatic rings. The Morgan fingerprint density at radius 2 is 2.20 bits per heavy atom. The molecule has 0 saturated carbocycles. The van der Waals surface area contributed by atoms with Crippen LogP contribution < -0.4 is 5.32 Å². The van der Waals surface area contributed by atoms with Crippen LogP contribution in [0.1, 0.15) is 33.7 Å². The van der Waals surface area contributed by atoms with Crippen LogP contribution in [0.15, 0.2) is 43.4 Å². The first kappa shape index (κ1) is 15.4. The summed E-state index contributed by atoms with van der Waals surface area (Å²) in [5.74, 6) is -0.235. The van der Waals surface area contributed by atoms with Crippen LogP contribution in [0.25, 0.3) is 5.52 Å². The lowest BCUT2D eigenvalue weighted by atomic mass is 10.0. The number of H-pyrrole nitrogens is 1. The normalized spacial score (nSPS) is 17.6. The number of likely N-dealkylation sites (tertiary alicyclic amines) is 1. The Balaban J connectivity index is 1.48. The number of aromatic nitrogens is 4. The summed E-state index contributed by atoms with van der Waals surface area (Å²) in [5.41, 5.74) is 1.84. The van der Waals surface area contributed by atoms with E-state index in [9.17, 15) is 9.59 Å². The molecule has 1 fully saturated rings. The van der Waals surface area contributed by atoms with Gasteiger partial charge in [0.1, 0.15) is 5.69 Å². The van der Waals surface area contributed by atoms with Gasteiger partial charge in [-0.1, -0.05) is 0 Å². The number of pyridine rings is 1. The number of imidazole rings is 2. The van der Waals surface area contributed by atoms with Crippen molar-refractivity contribution < 1.29 is 9.59 Å². The predicted octanol–water partition coefficient (Wildman–Crippen LogP) is 1.09. The van der Waals surface area contributed by atoms with E-state index < -0.39 is 0 Å². The summed E-state index contributed by atoms with van der Waals surface area (Å²) in [6.07, 6.45) is 9.88. The summed E-state index contributed by atoms with van der Waals surface area (Å²) in [6, 6.07) is 3.58. The molecule has 128 valence electrons. The van der Waals surface area contributed by atoms with Gasteiger partial charge < -0.3 is 19.6 Å². The highest BCUT2D eigenvalue weighted by Gasteiger charge is 2.27. The second kappa shape index (κ2) is 6.39. The van der Waals surface area contributed by atoms with Gasteiger partial charge in [-0.15, -0.1) is 0 Å². The number of nitrogens with zero attached hydrogens (tertiary/aromatic N) is 4. The quantitative estimate of drug-likeness (QED) is 0.747. The topological polar surface area (TPSA) is 95.4 Å². The number of rotatable bonds is 3. The maximum atomic E-state index is 12.9. The summed E-state index contributed by atoms with van der Waals surface area (Å²) in [5, 5.41) is 2.97. The highest BCUT2D eigenvalue weighted by atomic mass is 16.2. The molecule has 1 aliphatic heterocycles. The standard InChI is InChI=1S/C17H18N6O2/c24-16(14-7-18-10-20-14)21-12-3-1-5-22(9-12)17(25)13-4-2-6-23-11-19-8-15(13)23/h2,4,6-8,10-12H,1,3,5,9H2,(H,18,20)(H,21,24). The number of amides is 2. The third-order valence-electron chi connectivity index (χ3n) is 4.47. The fourth-order valence-electron chi connectivity index (χ4n) is 3.22. The average molecular weight is 338 g/mol. The molecule has 0 spiro atoms. The van der Waals surface area contributed by atoms with Crippen molar-refractivity contribution >= 4 is 17.3 Å². The first-order valence-electron chi connectivity index (χ1n) is 8.21. The van der Waals surface area contributed by atoms with Gasteiger partial charge in [-0.3, -0.25) is 9.59 Å². The molecule has 8 nitrogen and oxygen atoms in total. The van der Waals surface area contributed by atoms with Crippen molar-refractivity contribution in [1.29, 1.82) is 0 Å². The van der Waals surface area contributed by atoms with Crippen molar-refractivity contribution in [3.05, 3.63) is 54.6 Å². The maximum Gasteiger partial charge on any atom is 0.269 e. The van der Waals surface area contributed by atoms with E-state index in [-0.39, 0.29) is 17.9 Å². The Bertz CT molecular complexity index is 901. The van der Waals surface area contributed by atoms with Gasteiger partial charge in [-0.05, 0) is 25.0 Å². The lowest BCUT2D eigenvalue weighted by Gasteiger charge is -2.33. The first-order chi connectivity index (χ1) is 12.2. The number of carbonyl (C=O) groups is 2. The minimum absolute atomic E-state index is 0.0356. The zero-order valence-corrected chi connectivity index (χ0v) is 13.6. The van der Waals surface area contributed by atoms with Crippen molar-refractivity contribution in [2.75, 3.05) is 13.1 Å². The second-order valence-corrected chi connectivity index (χ2v) is 6.14. The summed E-state index contributed by atoms with van der Waals surface area (Å²) in [4.78, 5) is 37.6. The molecule has 8 heteroatoms. The largest absolute Gasteiger partial charge is 0.346 e. The SMILES string of the molecule is O=C(NC1CCCN(C(=O)c2cccn3cncc23)C1)c1cnc[nH]1. The first-order valence-corrected chi connectivity index (χ1v) is 8.21. The maximum absolute atomic E-state index is 12.9. The molecule has 3 aromatic heterocycles. The second-order valence-electron chi connectivity index (χ2n) is 6.14. The van der Waals surface area contributed by atoms with Gasteiger partial charge in [-0.25, -0.2) is 9.97 Å². The molecule has 2 N–H and O–H groups in total. The van der Waals surface area contributed by atoms with Crippen LogP contribution in [0.3, 0.4) is 0 Å².